The molecule has 0 spiro atoms. The fraction of sp³-hybridized carbons (Fsp3) is 0.500. The van der Waals surface area contributed by atoms with Gasteiger partial charge in [0.1, 0.15) is 10.8 Å². The summed E-state index contributed by atoms with van der Waals surface area (Å²) >= 11 is 4.93. The standard InChI is InChI=1S/C14H21FN2S/c1-9(14(2,3)4)8-17-12-6-5-10(15)7-11(12)13(16)18/h5-7,9,17H,8H2,1-4H3,(H2,16,18). The Morgan fingerprint density at radius 3 is 2.56 bits per heavy atom. The molecule has 0 aliphatic carbocycles. The van der Waals surface area contributed by atoms with Gasteiger partial charge >= 0.3 is 0 Å². The molecule has 0 aromatic heterocycles. The Kier molecular flexibility index (Phi) is 4.68. The molecule has 0 aliphatic heterocycles. The zero-order valence-corrected chi connectivity index (χ0v) is 12.2. The van der Waals surface area contributed by atoms with Gasteiger partial charge in [-0.05, 0) is 29.5 Å². The highest BCUT2D eigenvalue weighted by Gasteiger charge is 2.20. The summed E-state index contributed by atoms with van der Waals surface area (Å²) in [7, 11) is 0. The second-order valence-electron chi connectivity index (χ2n) is 5.70. The average Bonchev–Trinajstić information content (AvgIpc) is 2.25. The molecule has 1 aromatic rings. The van der Waals surface area contributed by atoms with Crippen LogP contribution in [0.25, 0.3) is 0 Å². The molecule has 0 fully saturated rings. The van der Waals surface area contributed by atoms with E-state index < -0.39 is 0 Å². The topological polar surface area (TPSA) is 38.0 Å². The molecule has 0 bridgehead atoms. The third kappa shape index (κ3) is 3.95. The molecule has 2 nitrogen and oxygen atoms in total. The second-order valence-corrected chi connectivity index (χ2v) is 6.14. The van der Waals surface area contributed by atoms with Gasteiger partial charge < -0.3 is 11.1 Å². The molecule has 0 amide bonds. The van der Waals surface area contributed by atoms with Gasteiger partial charge in [0.05, 0.1) is 0 Å². The predicted molar refractivity (Wildman–Crippen MR) is 79.4 cm³/mol. The van der Waals surface area contributed by atoms with Crippen LogP contribution in [0.3, 0.4) is 0 Å². The predicted octanol–water partition coefficient (Wildman–Crippen LogP) is 3.55. The van der Waals surface area contributed by atoms with E-state index in [0.29, 0.717) is 11.5 Å². The molecular weight excluding hydrogens is 247 g/mol. The summed E-state index contributed by atoms with van der Waals surface area (Å²) in [5.41, 5.74) is 7.17. The lowest BCUT2D eigenvalue weighted by molar-refractivity contribution is 0.274. The van der Waals surface area contributed by atoms with Gasteiger partial charge in [-0.3, -0.25) is 0 Å². The van der Waals surface area contributed by atoms with Gasteiger partial charge in [0.2, 0.25) is 0 Å². The highest BCUT2D eigenvalue weighted by Crippen LogP contribution is 2.26. The van der Waals surface area contributed by atoms with Crippen molar-refractivity contribution < 1.29 is 4.39 Å². The molecule has 1 aromatic carbocycles. The molecule has 18 heavy (non-hydrogen) atoms. The number of halogens is 1. The van der Waals surface area contributed by atoms with Crippen LogP contribution in [0.5, 0.6) is 0 Å². The van der Waals surface area contributed by atoms with Crippen LogP contribution in [-0.4, -0.2) is 11.5 Å². The van der Waals surface area contributed by atoms with Crippen LogP contribution in [0.2, 0.25) is 0 Å². The van der Waals surface area contributed by atoms with E-state index in [1.807, 2.05) is 0 Å². The van der Waals surface area contributed by atoms with Gasteiger partial charge in [-0.25, -0.2) is 4.39 Å². The summed E-state index contributed by atoms with van der Waals surface area (Å²) < 4.78 is 13.2. The zero-order valence-electron chi connectivity index (χ0n) is 11.4. The largest absolute Gasteiger partial charge is 0.389 e. The van der Waals surface area contributed by atoms with Crippen LogP contribution in [0, 0.1) is 17.2 Å². The monoisotopic (exact) mass is 268 g/mol. The van der Waals surface area contributed by atoms with E-state index in [-0.39, 0.29) is 16.2 Å². The Morgan fingerprint density at radius 1 is 1.44 bits per heavy atom. The average molecular weight is 268 g/mol. The van der Waals surface area contributed by atoms with Crippen LogP contribution in [0.4, 0.5) is 10.1 Å². The number of benzene rings is 1. The van der Waals surface area contributed by atoms with Gasteiger partial charge in [-0.1, -0.05) is 39.9 Å². The highest BCUT2D eigenvalue weighted by atomic mass is 32.1. The lowest BCUT2D eigenvalue weighted by Gasteiger charge is -2.28. The number of thiocarbonyl (C=S) groups is 1. The minimum Gasteiger partial charge on any atom is -0.389 e. The van der Waals surface area contributed by atoms with Crippen LogP contribution in [-0.2, 0) is 0 Å². The van der Waals surface area contributed by atoms with Crippen molar-refractivity contribution in [1.82, 2.24) is 0 Å². The van der Waals surface area contributed by atoms with E-state index in [4.69, 9.17) is 18.0 Å². The highest BCUT2D eigenvalue weighted by molar-refractivity contribution is 7.80. The first-order valence-corrected chi connectivity index (χ1v) is 6.46. The van der Waals surface area contributed by atoms with Crippen LogP contribution in [0.1, 0.15) is 33.3 Å². The first kappa shape index (κ1) is 14.9. The van der Waals surface area contributed by atoms with Crippen molar-refractivity contribution in [3.8, 4) is 0 Å². The quantitative estimate of drug-likeness (QED) is 0.820. The van der Waals surface area contributed by atoms with Crippen molar-refractivity contribution in [3.63, 3.8) is 0 Å². The fourth-order valence-electron chi connectivity index (χ4n) is 1.44. The number of nitrogens with two attached hydrogens (primary N) is 1. The van der Waals surface area contributed by atoms with Crippen molar-refractivity contribution in [2.24, 2.45) is 17.1 Å². The lowest BCUT2D eigenvalue weighted by Crippen LogP contribution is -2.25. The summed E-state index contributed by atoms with van der Waals surface area (Å²) in [5, 5.41) is 3.29. The van der Waals surface area contributed by atoms with Crippen LogP contribution in [0.15, 0.2) is 18.2 Å². The van der Waals surface area contributed by atoms with Gasteiger partial charge in [0.15, 0.2) is 0 Å². The van der Waals surface area contributed by atoms with Gasteiger partial charge in [-0.2, -0.15) is 0 Å². The molecular formula is C14H21FN2S. The maximum atomic E-state index is 13.2. The van der Waals surface area contributed by atoms with Crippen molar-refractivity contribution in [3.05, 3.63) is 29.6 Å². The summed E-state index contributed by atoms with van der Waals surface area (Å²) in [6.07, 6.45) is 0. The Labute approximate surface area is 114 Å². The summed E-state index contributed by atoms with van der Waals surface area (Å²) in [4.78, 5) is 0.209. The Hall–Kier alpha value is -1.16. The van der Waals surface area contributed by atoms with E-state index in [1.165, 1.54) is 12.1 Å². The zero-order chi connectivity index (χ0) is 13.9. The summed E-state index contributed by atoms with van der Waals surface area (Å²) in [5.74, 6) is 0.147. The fourth-order valence-corrected chi connectivity index (χ4v) is 1.61. The molecule has 1 unspecified atom stereocenters. The second kappa shape index (κ2) is 5.65. The normalized spacial score (nSPS) is 13.2. The van der Waals surface area contributed by atoms with Gasteiger partial charge in [0, 0.05) is 17.8 Å². The first-order chi connectivity index (χ1) is 8.21. The number of hydrogen-bond donors (Lipinski definition) is 2. The van der Waals surface area contributed by atoms with Gasteiger partial charge in [0.25, 0.3) is 0 Å². The van der Waals surface area contributed by atoms with Crippen LogP contribution < -0.4 is 11.1 Å². The molecule has 0 saturated carbocycles. The van der Waals surface area contributed by atoms with E-state index in [1.54, 1.807) is 6.07 Å². The molecule has 0 heterocycles. The van der Waals surface area contributed by atoms with Crippen LogP contribution >= 0.6 is 12.2 Å². The number of hydrogen-bond acceptors (Lipinski definition) is 2. The molecule has 1 atom stereocenters. The van der Waals surface area contributed by atoms with E-state index in [0.717, 1.165) is 12.2 Å². The third-order valence-electron chi connectivity index (χ3n) is 3.32. The molecule has 0 radical (unpaired) electrons. The van der Waals surface area contributed by atoms with Gasteiger partial charge in [-0.15, -0.1) is 0 Å². The minimum atomic E-state index is -0.327. The number of nitrogens with one attached hydrogen (secondary N) is 1. The minimum absolute atomic E-state index is 0.209. The van der Waals surface area contributed by atoms with E-state index in [2.05, 4.69) is 33.0 Å². The first-order valence-electron chi connectivity index (χ1n) is 6.05. The van der Waals surface area contributed by atoms with Crippen molar-refractivity contribution in [2.75, 3.05) is 11.9 Å². The molecule has 100 valence electrons. The molecule has 4 heteroatoms. The molecule has 1 rings (SSSR count). The Morgan fingerprint density at radius 2 is 2.06 bits per heavy atom. The number of anilines is 1. The smallest absolute Gasteiger partial charge is 0.124 e. The third-order valence-corrected chi connectivity index (χ3v) is 3.54. The van der Waals surface area contributed by atoms with Crippen molar-refractivity contribution in [2.45, 2.75) is 27.7 Å². The maximum absolute atomic E-state index is 13.2. The van der Waals surface area contributed by atoms with E-state index >= 15 is 0 Å². The summed E-state index contributed by atoms with van der Waals surface area (Å²) in [6, 6.07) is 4.46. The number of rotatable bonds is 4. The maximum Gasteiger partial charge on any atom is 0.124 e. The van der Waals surface area contributed by atoms with Crippen molar-refractivity contribution >= 4 is 22.9 Å². The molecule has 3 N–H and O–H groups in total. The molecule has 0 aliphatic rings. The molecule has 0 saturated heterocycles. The van der Waals surface area contributed by atoms with E-state index in [9.17, 15) is 4.39 Å². The van der Waals surface area contributed by atoms with Crippen molar-refractivity contribution in [1.29, 1.82) is 0 Å². The summed E-state index contributed by atoms with van der Waals surface area (Å²) in [6.45, 7) is 9.55. The lowest BCUT2D eigenvalue weighted by atomic mass is 9.82. The Bertz CT molecular complexity index is 438. The Balaban J connectivity index is 2.82. The SMILES string of the molecule is CC(CNc1ccc(F)cc1C(N)=S)C(C)(C)C.